The molecule has 8 heteroatoms. The molecule has 4 rings (SSSR count). The summed E-state index contributed by atoms with van der Waals surface area (Å²) in [5, 5.41) is 6.03. The van der Waals surface area contributed by atoms with Crippen LogP contribution in [0.2, 0.25) is 0 Å². The zero-order chi connectivity index (χ0) is 20.2. The Hall–Kier alpha value is -2.19. The van der Waals surface area contributed by atoms with Gasteiger partial charge in [0.05, 0.1) is 19.3 Å². The van der Waals surface area contributed by atoms with Crippen molar-refractivity contribution < 1.29 is 18.7 Å². The van der Waals surface area contributed by atoms with Crippen molar-refractivity contribution >= 4 is 11.9 Å². The molecule has 1 aliphatic carbocycles. The molecule has 158 valence electrons. The third-order valence-electron chi connectivity index (χ3n) is 5.93. The first-order valence-corrected chi connectivity index (χ1v) is 10.5. The molecule has 7 nitrogen and oxygen atoms in total. The number of likely N-dealkylation sites (tertiary alicyclic amines) is 1. The number of halogens is 1. The second kappa shape index (κ2) is 9.09. The second-order valence-corrected chi connectivity index (χ2v) is 8.04. The summed E-state index contributed by atoms with van der Waals surface area (Å²) in [6, 6.07) is 6.06. The second-order valence-electron chi connectivity index (χ2n) is 8.04. The van der Waals surface area contributed by atoms with Crippen LogP contribution in [0.1, 0.15) is 37.3 Å². The lowest BCUT2D eigenvalue weighted by molar-refractivity contribution is -0.124. The summed E-state index contributed by atoms with van der Waals surface area (Å²) < 4.78 is 18.8. The summed E-state index contributed by atoms with van der Waals surface area (Å²) in [4.78, 5) is 29.2. The molecule has 2 saturated heterocycles. The lowest BCUT2D eigenvalue weighted by Gasteiger charge is -2.35. The van der Waals surface area contributed by atoms with Crippen LogP contribution in [0, 0.1) is 5.82 Å². The molecule has 0 bridgehead atoms. The van der Waals surface area contributed by atoms with Gasteiger partial charge >= 0.3 is 6.03 Å². The monoisotopic (exact) mass is 404 g/mol. The Morgan fingerprint density at radius 3 is 2.52 bits per heavy atom. The highest BCUT2D eigenvalue weighted by molar-refractivity contribution is 5.88. The van der Waals surface area contributed by atoms with E-state index in [4.69, 9.17) is 4.74 Å². The highest BCUT2D eigenvalue weighted by Gasteiger charge is 2.36. The van der Waals surface area contributed by atoms with Crippen LogP contribution in [0.25, 0.3) is 0 Å². The van der Waals surface area contributed by atoms with Crippen molar-refractivity contribution in [3.05, 3.63) is 35.6 Å². The van der Waals surface area contributed by atoms with Crippen molar-refractivity contribution in [2.75, 3.05) is 39.4 Å². The van der Waals surface area contributed by atoms with Gasteiger partial charge in [0.1, 0.15) is 11.9 Å². The number of nitrogens with one attached hydrogen (secondary N) is 2. The molecule has 0 spiro atoms. The fourth-order valence-corrected chi connectivity index (χ4v) is 4.12. The van der Waals surface area contributed by atoms with E-state index in [0.717, 1.165) is 37.9 Å². The molecule has 2 unspecified atom stereocenters. The quantitative estimate of drug-likeness (QED) is 0.756. The molecule has 29 heavy (non-hydrogen) atoms. The molecule has 1 saturated carbocycles. The SMILES string of the molecule is O=C(NC1CC1)C1CCCN1C(=O)NCC(c1ccc(F)cc1)N1CCOCC1. The minimum Gasteiger partial charge on any atom is -0.379 e. The number of hydrogen-bond acceptors (Lipinski definition) is 4. The van der Waals surface area contributed by atoms with Crippen molar-refractivity contribution in [1.29, 1.82) is 0 Å². The molecule has 2 aliphatic heterocycles. The average molecular weight is 404 g/mol. The molecule has 0 radical (unpaired) electrons. The van der Waals surface area contributed by atoms with Crippen LogP contribution in [0.4, 0.5) is 9.18 Å². The third kappa shape index (κ3) is 5.05. The molecular formula is C21H29FN4O3. The molecule has 3 amide bonds. The smallest absolute Gasteiger partial charge is 0.318 e. The molecular weight excluding hydrogens is 375 g/mol. The number of carbonyl (C=O) groups excluding carboxylic acids is 2. The van der Waals surface area contributed by atoms with E-state index in [1.165, 1.54) is 12.1 Å². The molecule has 1 aromatic carbocycles. The molecule has 0 aromatic heterocycles. The lowest BCUT2D eigenvalue weighted by Crippen LogP contribution is -2.51. The van der Waals surface area contributed by atoms with Gasteiger partial charge in [-0.15, -0.1) is 0 Å². The van der Waals surface area contributed by atoms with Crippen LogP contribution in [-0.4, -0.2) is 73.2 Å². The van der Waals surface area contributed by atoms with Crippen molar-refractivity contribution in [1.82, 2.24) is 20.4 Å². The molecule has 2 heterocycles. The number of rotatable bonds is 6. The van der Waals surface area contributed by atoms with Gasteiger partial charge in [-0.3, -0.25) is 9.69 Å². The fraction of sp³-hybridized carbons (Fsp3) is 0.619. The summed E-state index contributed by atoms with van der Waals surface area (Å²) in [6.45, 7) is 3.79. The third-order valence-corrected chi connectivity index (χ3v) is 5.93. The Balaban J connectivity index is 1.39. The van der Waals surface area contributed by atoms with E-state index >= 15 is 0 Å². The molecule has 2 atom stereocenters. The predicted octanol–water partition coefficient (Wildman–Crippen LogP) is 1.65. The summed E-state index contributed by atoms with van der Waals surface area (Å²) in [5.74, 6) is -0.316. The van der Waals surface area contributed by atoms with E-state index in [0.29, 0.717) is 32.7 Å². The Kier molecular flexibility index (Phi) is 6.30. The maximum Gasteiger partial charge on any atom is 0.318 e. The number of carbonyl (C=O) groups is 2. The average Bonchev–Trinajstić information content (AvgIpc) is 3.41. The van der Waals surface area contributed by atoms with E-state index < -0.39 is 0 Å². The Morgan fingerprint density at radius 2 is 1.83 bits per heavy atom. The normalized spacial score (nSPS) is 23.6. The van der Waals surface area contributed by atoms with Crippen molar-refractivity contribution in [2.24, 2.45) is 0 Å². The number of ether oxygens (including phenoxy) is 1. The van der Waals surface area contributed by atoms with Gasteiger partial charge in [0.15, 0.2) is 0 Å². The number of benzene rings is 1. The number of urea groups is 1. The van der Waals surface area contributed by atoms with E-state index in [9.17, 15) is 14.0 Å². The summed E-state index contributed by atoms with van der Waals surface area (Å²) >= 11 is 0. The number of nitrogens with zero attached hydrogens (tertiary/aromatic N) is 2. The Labute approximate surface area is 170 Å². The first-order chi connectivity index (χ1) is 14.1. The highest BCUT2D eigenvalue weighted by atomic mass is 19.1. The number of morpholine rings is 1. The zero-order valence-electron chi connectivity index (χ0n) is 16.6. The van der Waals surface area contributed by atoms with Crippen LogP contribution in [0.5, 0.6) is 0 Å². The van der Waals surface area contributed by atoms with Gasteiger partial charge in [0, 0.05) is 32.2 Å². The van der Waals surface area contributed by atoms with E-state index in [-0.39, 0.29) is 35.9 Å². The van der Waals surface area contributed by atoms with Gasteiger partial charge in [-0.1, -0.05) is 12.1 Å². The van der Waals surface area contributed by atoms with E-state index in [1.807, 2.05) is 0 Å². The standard InChI is InChI=1S/C21H29FN4O3/c22-16-5-3-15(4-6-16)19(25-10-12-29-13-11-25)14-23-21(28)26-9-1-2-18(26)20(27)24-17-7-8-17/h3-6,17-19H,1-2,7-14H2,(H,23,28)(H,24,27). The first kappa shape index (κ1) is 20.1. The molecule has 3 fully saturated rings. The zero-order valence-corrected chi connectivity index (χ0v) is 16.6. The van der Waals surface area contributed by atoms with E-state index in [2.05, 4.69) is 15.5 Å². The van der Waals surface area contributed by atoms with Gasteiger partial charge < -0.3 is 20.3 Å². The minimum atomic E-state index is -0.386. The van der Waals surface area contributed by atoms with Gasteiger partial charge in [0.2, 0.25) is 5.91 Å². The van der Waals surface area contributed by atoms with Crippen LogP contribution in [0.3, 0.4) is 0 Å². The minimum absolute atomic E-state index is 0.0385. The largest absolute Gasteiger partial charge is 0.379 e. The van der Waals surface area contributed by atoms with Gasteiger partial charge in [-0.25, -0.2) is 9.18 Å². The van der Waals surface area contributed by atoms with Crippen molar-refractivity contribution in [3.63, 3.8) is 0 Å². The molecule has 2 N–H and O–H groups in total. The molecule has 3 aliphatic rings. The summed E-state index contributed by atoms with van der Waals surface area (Å²) in [6.07, 6.45) is 3.60. The summed E-state index contributed by atoms with van der Waals surface area (Å²) in [5.41, 5.74) is 0.957. The van der Waals surface area contributed by atoms with E-state index in [1.54, 1.807) is 17.0 Å². The topological polar surface area (TPSA) is 73.9 Å². The Morgan fingerprint density at radius 1 is 1.10 bits per heavy atom. The number of hydrogen-bond donors (Lipinski definition) is 2. The van der Waals surface area contributed by atoms with Gasteiger partial charge in [0.25, 0.3) is 0 Å². The van der Waals surface area contributed by atoms with Crippen LogP contribution < -0.4 is 10.6 Å². The van der Waals surface area contributed by atoms with Crippen LogP contribution in [0.15, 0.2) is 24.3 Å². The van der Waals surface area contributed by atoms with Crippen LogP contribution >= 0.6 is 0 Å². The van der Waals surface area contributed by atoms with Gasteiger partial charge in [-0.2, -0.15) is 0 Å². The Bertz CT molecular complexity index is 719. The maximum atomic E-state index is 13.4. The van der Waals surface area contributed by atoms with Gasteiger partial charge in [-0.05, 0) is 43.4 Å². The fourth-order valence-electron chi connectivity index (χ4n) is 4.12. The predicted molar refractivity (Wildman–Crippen MR) is 106 cm³/mol. The summed E-state index contributed by atoms with van der Waals surface area (Å²) in [7, 11) is 0. The van der Waals surface area contributed by atoms with Crippen molar-refractivity contribution in [2.45, 2.75) is 43.8 Å². The lowest BCUT2D eigenvalue weighted by atomic mass is 10.0. The molecule has 1 aromatic rings. The number of amides is 3. The van der Waals surface area contributed by atoms with Crippen LogP contribution in [-0.2, 0) is 9.53 Å². The van der Waals surface area contributed by atoms with Crippen molar-refractivity contribution in [3.8, 4) is 0 Å². The highest BCUT2D eigenvalue weighted by Crippen LogP contribution is 2.24. The first-order valence-electron chi connectivity index (χ1n) is 10.5. The maximum absolute atomic E-state index is 13.4.